The fraction of sp³-hybridized carbons (Fsp3) is 0.263. The molecule has 1 saturated heterocycles. The number of hydrogen-bond acceptors (Lipinski definition) is 6. The Morgan fingerprint density at radius 2 is 2.08 bits per heavy atom. The van der Waals surface area contributed by atoms with E-state index in [1.54, 1.807) is 12.4 Å². The third kappa shape index (κ3) is 3.56. The van der Waals surface area contributed by atoms with Gasteiger partial charge in [0.05, 0.1) is 11.6 Å². The van der Waals surface area contributed by atoms with Gasteiger partial charge in [0.2, 0.25) is 5.91 Å². The predicted molar refractivity (Wildman–Crippen MR) is 97.5 cm³/mol. The second-order valence-corrected chi connectivity index (χ2v) is 6.29. The highest BCUT2D eigenvalue weighted by molar-refractivity contribution is 5.92. The van der Waals surface area contributed by atoms with Gasteiger partial charge in [-0.15, -0.1) is 0 Å². The molecule has 0 radical (unpaired) electrons. The minimum absolute atomic E-state index is 0.0408. The number of nitrogens with zero attached hydrogens (tertiary/aromatic N) is 4. The quantitative estimate of drug-likeness (QED) is 0.779. The molecule has 0 saturated carbocycles. The standard InChI is InChI=1S/C19H19N5O2/c25-19(22-17-8-10-26-23-17)15-7-4-9-24(12-15)18-11-16(20-13-21-18)14-5-2-1-3-6-14/h1-3,5-6,8,10-11,13,15H,4,7,9,12H2,(H,22,23,25). The zero-order valence-electron chi connectivity index (χ0n) is 14.2. The third-order valence-electron chi connectivity index (χ3n) is 4.53. The number of aromatic nitrogens is 3. The maximum absolute atomic E-state index is 12.5. The minimum atomic E-state index is -0.115. The largest absolute Gasteiger partial charge is 0.363 e. The average Bonchev–Trinajstić information content (AvgIpc) is 3.22. The van der Waals surface area contributed by atoms with Crippen molar-refractivity contribution in [1.29, 1.82) is 0 Å². The maximum Gasteiger partial charge on any atom is 0.230 e. The summed E-state index contributed by atoms with van der Waals surface area (Å²) < 4.78 is 4.76. The van der Waals surface area contributed by atoms with E-state index in [1.807, 2.05) is 36.4 Å². The van der Waals surface area contributed by atoms with Crippen molar-refractivity contribution < 1.29 is 9.32 Å². The Kier molecular flexibility index (Phi) is 4.59. The van der Waals surface area contributed by atoms with Crippen LogP contribution in [0.2, 0.25) is 0 Å². The molecule has 3 aromatic rings. The molecule has 0 spiro atoms. The lowest BCUT2D eigenvalue weighted by Gasteiger charge is -2.32. The van der Waals surface area contributed by atoms with Crippen LogP contribution < -0.4 is 10.2 Å². The van der Waals surface area contributed by atoms with Crippen LogP contribution in [0.4, 0.5) is 11.6 Å². The molecule has 1 amide bonds. The van der Waals surface area contributed by atoms with Gasteiger partial charge in [0.15, 0.2) is 5.82 Å². The van der Waals surface area contributed by atoms with Crippen molar-refractivity contribution in [3.63, 3.8) is 0 Å². The zero-order valence-corrected chi connectivity index (χ0v) is 14.2. The van der Waals surface area contributed by atoms with Gasteiger partial charge in [-0.25, -0.2) is 9.97 Å². The summed E-state index contributed by atoms with van der Waals surface area (Å²) in [5, 5.41) is 6.53. The molecule has 0 aliphatic carbocycles. The molecule has 1 fully saturated rings. The molecule has 1 aromatic carbocycles. The number of amides is 1. The van der Waals surface area contributed by atoms with E-state index in [0.717, 1.165) is 36.5 Å². The van der Waals surface area contributed by atoms with Crippen molar-refractivity contribution in [2.75, 3.05) is 23.3 Å². The second kappa shape index (κ2) is 7.35. The first kappa shape index (κ1) is 16.3. The Morgan fingerprint density at radius 1 is 1.19 bits per heavy atom. The molecule has 1 aliphatic heterocycles. The lowest BCUT2D eigenvalue weighted by Crippen LogP contribution is -2.41. The van der Waals surface area contributed by atoms with Crippen LogP contribution in [0.3, 0.4) is 0 Å². The van der Waals surface area contributed by atoms with Crippen LogP contribution >= 0.6 is 0 Å². The van der Waals surface area contributed by atoms with E-state index in [2.05, 4.69) is 25.3 Å². The molecular formula is C19H19N5O2. The fourth-order valence-corrected chi connectivity index (χ4v) is 3.19. The van der Waals surface area contributed by atoms with Crippen LogP contribution in [0.1, 0.15) is 12.8 Å². The SMILES string of the molecule is O=C(Nc1ccon1)C1CCCN(c2cc(-c3ccccc3)ncn2)C1. The van der Waals surface area contributed by atoms with Crippen LogP contribution in [-0.2, 0) is 4.79 Å². The second-order valence-electron chi connectivity index (χ2n) is 6.29. The van der Waals surface area contributed by atoms with Gasteiger partial charge >= 0.3 is 0 Å². The van der Waals surface area contributed by atoms with Crippen molar-refractivity contribution in [2.45, 2.75) is 12.8 Å². The number of hydrogen-bond donors (Lipinski definition) is 1. The highest BCUT2D eigenvalue weighted by atomic mass is 16.5. The van der Waals surface area contributed by atoms with Gasteiger partial charge in [-0.3, -0.25) is 4.79 Å². The van der Waals surface area contributed by atoms with E-state index in [4.69, 9.17) is 4.52 Å². The Bertz CT molecular complexity index is 867. The first-order valence-electron chi connectivity index (χ1n) is 8.63. The first-order chi connectivity index (χ1) is 12.8. The predicted octanol–water partition coefficient (Wildman–Crippen LogP) is 2.99. The third-order valence-corrected chi connectivity index (χ3v) is 4.53. The van der Waals surface area contributed by atoms with Gasteiger partial charge < -0.3 is 14.7 Å². The highest BCUT2D eigenvalue weighted by Gasteiger charge is 2.27. The van der Waals surface area contributed by atoms with Crippen molar-refractivity contribution in [3.8, 4) is 11.3 Å². The van der Waals surface area contributed by atoms with Crippen molar-refractivity contribution in [2.24, 2.45) is 5.92 Å². The molecule has 132 valence electrons. The summed E-state index contributed by atoms with van der Waals surface area (Å²) in [6, 6.07) is 13.6. The molecule has 2 aromatic heterocycles. The lowest BCUT2D eigenvalue weighted by molar-refractivity contribution is -0.120. The summed E-state index contributed by atoms with van der Waals surface area (Å²) in [5.74, 6) is 1.13. The molecular weight excluding hydrogens is 330 g/mol. The van der Waals surface area contributed by atoms with Crippen molar-refractivity contribution in [1.82, 2.24) is 15.1 Å². The number of carbonyl (C=O) groups is 1. The molecule has 7 nitrogen and oxygen atoms in total. The summed E-state index contributed by atoms with van der Waals surface area (Å²) in [7, 11) is 0. The van der Waals surface area contributed by atoms with E-state index < -0.39 is 0 Å². The number of benzene rings is 1. The molecule has 1 aliphatic rings. The van der Waals surface area contributed by atoms with E-state index in [1.165, 1.54) is 6.26 Å². The van der Waals surface area contributed by atoms with E-state index in [0.29, 0.717) is 12.4 Å². The van der Waals surface area contributed by atoms with Gasteiger partial charge in [-0.05, 0) is 12.8 Å². The van der Waals surface area contributed by atoms with Crippen LogP contribution in [0, 0.1) is 5.92 Å². The number of nitrogens with one attached hydrogen (secondary N) is 1. The summed E-state index contributed by atoms with van der Waals surface area (Å²) in [6.45, 7) is 1.49. The molecule has 3 heterocycles. The van der Waals surface area contributed by atoms with E-state index in [9.17, 15) is 4.79 Å². The molecule has 1 N–H and O–H groups in total. The number of carbonyl (C=O) groups excluding carboxylic acids is 1. The molecule has 7 heteroatoms. The van der Waals surface area contributed by atoms with E-state index in [-0.39, 0.29) is 11.8 Å². The van der Waals surface area contributed by atoms with Gasteiger partial charge in [-0.2, -0.15) is 0 Å². The van der Waals surface area contributed by atoms with Crippen molar-refractivity contribution >= 4 is 17.5 Å². The molecule has 0 bridgehead atoms. The van der Waals surface area contributed by atoms with Gasteiger partial charge in [0.25, 0.3) is 0 Å². The maximum atomic E-state index is 12.5. The van der Waals surface area contributed by atoms with Crippen LogP contribution in [0.25, 0.3) is 11.3 Å². The Balaban J connectivity index is 1.48. The topological polar surface area (TPSA) is 84.2 Å². The Labute approximate surface area is 151 Å². The molecule has 1 unspecified atom stereocenters. The average molecular weight is 349 g/mol. The molecule has 4 rings (SSSR count). The van der Waals surface area contributed by atoms with Gasteiger partial charge in [0, 0.05) is 30.8 Å². The number of rotatable bonds is 4. The molecule has 1 atom stereocenters. The highest BCUT2D eigenvalue weighted by Crippen LogP contribution is 2.25. The Morgan fingerprint density at radius 3 is 2.88 bits per heavy atom. The number of piperidine rings is 1. The van der Waals surface area contributed by atoms with Crippen molar-refractivity contribution in [3.05, 3.63) is 55.1 Å². The van der Waals surface area contributed by atoms with Crippen LogP contribution in [-0.4, -0.2) is 34.1 Å². The minimum Gasteiger partial charge on any atom is -0.363 e. The summed E-state index contributed by atoms with van der Waals surface area (Å²) in [4.78, 5) is 23.4. The van der Waals surface area contributed by atoms with E-state index >= 15 is 0 Å². The Hall–Kier alpha value is -3.22. The first-order valence-corrected chi connectivity index (χ1v) is 8.63. The van der Waals surface area contributed by atoms with Crippen LogP contribution in [0.5, 0.6) is 0 Å². The lowest BCUT2D eigenvalue weighted by atomic mass is 9.97. The number of anilines is 2. The zero-order chi connectivity index (χ0) is 17.8. The van der Waals surface area contributed by atoms with Crippen LogP contribution in [0.15, 0.2) is 59.6 Å². The summed E-state index contributed by atoms with van der Waals surface area (Å²) in [5.41, 5.74) is 1.93. The summed E-state index contributed by atoms with van der Waals surface area (Å²) >= 11 is 0. The monoisotopic (exact) mass is 349 g/mol. The fourth-order valence-electron chi connectivity index (χ4n) is 3.19. The van der Waals surface area contributed by atoms with Gasteiger partial charge in [-0.1, -0.05) is 35.5 Å². The molecule has 26 heavy (non-hydrogen) atoms. The normalized spacial score (nSPS) is 17.1. The van der Waals surface area contributed by atoms with Gasteiger partial charge in [0.1, 0.15) is 18.4 Å². The summed E-state index contributed by atoms with van der Waals surface area (Å²) in [6.07, 6.45) is 4.80. The smallest absolute Gasteiger partial charge is 0.230 e.